The maximum atomic E-state index is 14.6. The molecule has 0 aliphatic heterocycles. The zero-order valence-corrected chi connectivity index (χ0v) is 28.2. The van der Waals surface area contributed by atoms with Gasteiger partial charge in [-0.25, -0.2) is 17.2 Å². The molecule has 1 fully saturated rings. The number of hydrogen-bond acceptors (Lipinski definition) is 5. The second-order valence-electron chi connectivity index (χ2n) is 12.1. The number of rotatable bonds is 14. The molecule has 4 aromatic rings. The molecule has 0 spiro atoms. The fraction of sp³-hybridized carbons (Fsp3) is 0.316. The van der Waals surface area contributed by atoms with Crippen molar-refractivity contribution in [3.05, 3.63) is 126 Å². The van der Waals surface area contributed by atoms with Gasteiger partial charge in [-0.2, -0.15) is 0 Å². The molecule has 0 saturated heterocycles. The molecule has 2 amide bonds. The van der Waals surface area contributed by atoms with E-state index in [0.717, 1.165) is 66.2 Å². The number of nitrogens with zero attached hydrogens (tertiary/aromatic N) is 2. The molecule has 1 saturated carbocycles. The van der Waals surface area contributed by atoms with Crippen LogP contribution in [0.4, 0.5) is 14.5 Å². The van der Waals surface area contributed by atoms with E-state index in [2.05, 4.69) is 5.32 Å². The lowest BCUT2D eigenvalue weighted by molar-refractivity contribution is -0.140. The van der Waals surface area contributed by atoms with Gasteiger partial charge in [0, 0.05) is 19.0 Å². The monoisotopic (exact) mass is 689 g/mol. The van der Waals surface area contributed by atoms with Gasteiger partial charge in [-0.15, -0.1) is 0 Å². The van der Waals surface area contributed by atoms with Crippen LogP contribution in [0.5, 0.6) is 5.75 Å². The highest BCUT2D eigenvalue weighted by Gasteiger charge is 2.35. The number of carbonyl (C=O) groups is 2. The first-order valence-corrected chi connectivity index (χ1v) is 18.0. The second kappa shape index (κ2) is 16.6. The van der Waals surface area contributed by atoms with E-state index in [9.17, 15) is 26.8 Å². The Hall–Kier alpha value is -4.77. The fourth-order valence-electron chi connectivity index (χ4n) is 6.02. The molecule has 1 N–H and O–H groups in total. The summed E-state index contributed by atoms with van der Waals surface area (Å²) >= 11 is 0. The van der Waals surface area contributed by atoms with Crippen molar-refractivity contribution >= 4 is 27.5 Å². The molecular weight excluding hydrogens is 648 g/mol. The number of halogens is 2. The molecule has 49 heavy (non-hydrogen) atoms. The average molecular weight is 690 g/mol. The van der Waals surface area contributed by atoms with Crippen LogP contribution in [0.1, 0.15) is 50.2 Å². The molecule has 0 aromatic heterocycles. The third-order valence-corrected chi connectivity index (χ3v) is 10.4. The summed E-state index contributed by atoms with van der Waals surface area (Å²) in [5, 5.41) is 3.16. The van der Waals surface area contributed by atoms with Gasteiger partial charge >= 0.3 is 0 Å². The van der Waals surface area contributed by atoms with Gasteiger partial charge in [0.1, 0.15) is 30.0 Å². The van der Waals surface area contributed by atoms with Gasteiger partial charge in [0.25, 0.3) is 10.0 Å². The number of hydrogen-bond donors (Lipinski definition) is 1. The van der Waals surface area contributed by atoms with E-state index in [-0.39, 0.29) is 35.5 Å². The third kappa shape index (κ3) is 9.44. The number of benzene rings is 4. The number of amides is 2. The van der Waals surface area contributed by atoms with Crippen LogP contribution in [-0.4, -0.2) is 50.4 Å². The summed E-state index contributed by atoms with van der Waals surface area (Å²) in [6.07, 6.45) is 4.91. The first kappa shape index (κ1) is 35.5. The number of ether oxygens (including phenoxy) is 1. The lowest BCUT2D eigenvalue weighted by Crippen LogP contribution is -2.55. The van der Waals surface area contributed by atoms with Gasteiger partial charge in [0.15, 0.2) is 0 Å². The number of carbonyl (C=O) groups excluding carboxylic acids is 2. The summed E-state index contributed by atoms with van der Waals surface area (Å²) in [4.78, 5) is 29.9. The van der Waals surface area contributed by atoms with Crippen molar-refractivity contribution in [3.8, 4) is 5.75 Å². The average Bonchev–Trinajstić information content (AvgIpc) is 3.11. The van der Waals surface area contributed by atoms with Crippen LogP contribution in [0.15, 0.2) is 108 Å². The lowest BCUT2D eigenvalue weighted by Gasteiger charge is -2.35. The molecule has 8 nitrogen and oxygen atoms in total. The third-order valence-electron chi connectivity index (χ3n) is 8.61. The van der Waals surface area contributed by atoms with Crippen LogP contribution in [0.2, 0.25) is 0 Å². The number of sulfonamides is 1. The summed E-state index contributed by atoms with van der Waals surface area (Å²) in [6, 6.07) is 24.5. The Morgan fingerprint density at radius 3 is 2.04 bits per heavy atom. The minimum absolute atomic E-state index is 0.0403. The lowest BCUT2D eigenvalue weighted by atomic mass is 9.94. The first-order chi connectivity index (χ1) is 23.6. The van der Waals surface area contributed by atoms with E-state index >= 15 is 0 Å². The first-order valence-electron chi connectivity index (χ1n) is 16.5. The Morgan fingerprint density at radius 2 is 1.43 bits per heavy atom. The minimum Gasteiger partial charge on any atom is -0.494 e. The van der Waals surface area contributed by atoms with Crippen molar-refractivity contribution in [1.82, 2.24) is 10.2 Å². The zero-order chi connectivity index (χ0) is 34.8. The van der Waals surface area contributed by atoms with Gasteiger partial charge < -0.3 is 15.0 Å². The van der Waals surface area contributed by atoms with Crippen molar-refractivity contribution in [2.24, 2.45) is 0 Å². The maximum Gasteiger partial charge on any atom is 0.264 e. The van der Waals surface area contributed by atoms with Crippen molar-refractivity contribution < 1.29 is 31.5 Å². The Labute approximate surface area is 286 Å². The molecule has 1 atom stereocenters. The number of nitrogens with one attached hydrogen (secondary N) is 1. The van der Waals surface area contributed by atoms with E-state index in [0.29, 0.717) is 17.9 Å². The Bertz CT molecular complexity index is 1780. The molecule has 0 unspecified atom stereocenters. The van der Waals surface area contributed by atoms with E-state index in [1.807, 2.05) is 37.3 Å². The summed E-state index contributed by atoms with van der Waals surface area (Å²) in [6.45, 7) is 1.47. The fourth-order valence-corrected chi connectivity index (χ4v) is 7.44. The van der Waals surface area contributed by atoms with E-state index in [4.69, 9.17) is 4.74 Å². The predicted octanol–water partition coefficient (Wildman–Crippen LogP) is 6.65. The van der Waals surface area contributed by atoms with Gasteiger partial charge in [-0.1, -0.05) is 61.7 Å². The van der Waals surface area contributed by atoms with Gasteiger partial charge in [0.2, 0.25) is 11.8 Å². The molecule has 4 aromatic carbocycles. The molecule has 0 radical (unpaired) electrons. The normalized spacial score (nSPS) is 14.1. The van der Waals surface area contributed by atoms with Crippen LogP contribution in [0, 0.1) is 11.6 Å². The quantitative estimate of drug-likeness (QED) is 0.160. The highest BCUT2D eigenvalue weighted by Crippen LogP contribution is 2.27. The van der Waals surface area contributed by atoms with Crippen LogP contribution in [0.3, 0.4) is 0 Å². The maximum absolute atomic E-state index is 14.6. The van der Waals surface area contributed by atoms with Gasteiger partial charge in [-0.05, 0) is 91.6 Å². The van der Waals surface area contributed by atoms with Crippen molar-refractivity contribution in [2.45, 2.75) is 69.0 Å². The molecule has 11 heteroatoms. The summed E-state index contributed by atoms with van der Waals surface area (Å²) < 4.78 is 62.5. The molecule has 0 bridgehead atoms. The van der Waals surface area contributed by atoms with Crippen LogP contribution in [-0.2, 0) is 32.6 Å². The van der Waals surface area contributed by atoms with Crippen molar-refractivity contribution in [3.63, 3.8) is 0 Å². The van der Waals surface area contributed by atoms with Gasteiger partial charge in [-0.3, -0.25) is 13.9 Å². The van der Waals surface area contributed by atoms with Crippen LogP contribution < -0.4 is 14.4 Å². The smallest absolute Gasteiger partial charge is 0.264 e. The largest absolute Gasteiger partial charge is 0.494 e. The SMILES string of the molecule is CCOc1ccc(N(CC(=O)N(Cc2ccc(F)cc2)[C@H](Cc2ccccc2)C(=O)NC2CCCCC2)S(=O)(=O)c2ccc(F)cc2)cc1. The molecule has 1 aliphatic rings. The highest BCUT2D eigenvalue weighted by atomic mass is 32.2. The van der Waals surface area contributed by atoms with Gasteiger partial charge in [0.05, 0.1) is 17.2 Å². The number of anilines is 1. The van der Waals surface area contributed by atoms with Crippen molar-refractivity contribution in [2.75, 3.05) is 17.5 Å². The molecule has 1 aliphatic carbocycles. The Kier molecular flexibility index (Phi) is 12.0. The minimum atomic E-state index is -4.40. The predicted molar refractivity (Wildman–Crippen MR) is 184 cm³/mol. The zero-order valence-electron chi connectivity index (χ0n) is 27.4. The highest BCUT2D eigenvalue weighted by molar-refractivity contribution is 7.92. The summed E-state index contributed by atoms with van der Waals surface area (Å²) in [7, 11) is -4.40. The molecule has 5 rings (SSSR count). The Morgan fingerprint density at radius 1 is 0.816 bits per heavy atom. The van der Waals surface area contributed by atoms with Crippen LogP contribution in [0.25, 0.3) is 0 Å². The molecular formula is C38H41F2N3O5S. The topological polar surface area (TPSA) is 96.0 Å². The van der Waals surface area contributed by atoms with Crippen molar-refractivity contribution in [1.29, 1.82) is 0 Å². The van der Waals surface area contributed by atoms with Crippen LogP contribution >= 0.6 is 0 Å². The summed E-state index contributed by atoms with van der Waals surface area (Å²) in [5.74, 6) is -1.55. The van der Waals surface area contributed by atoms with E-state index in [1.54, 1.807) is 12.1 Å². The van der Waals surface area contributed by atoms with E-state index in [1.165, 1.54) is 41.3 Å². The molecule has 258 valence electrons. The molecule has 0 heterocycles. The summed E-state index contributed by atoms with van der Waals surface area (Å²) in [5.41, 5.74) is 1.55. The van der Waals surface area contributed by atoms with E-state index < -0.39 is 40.2 Å². The standard InChI is InChI=1S/C38H41F2N3O5S/c1-2-48-34-21-19-33(20-22-34)43(49(46,47)35-23-17-31(40)18-24-35)27-37(44)42(26-29-13-15-30(39)16-14-29)36(25-28-9-5-3-6-10-28)38(45)41-32-11-7-4-8-12-32/h3,5-6,9-10,13-24,32,36H,2,4,7-8,11-12,25-27H2,1H3,(H,41,45)/t36-/m1/s1. The second-order valence-corrected chi connectivity index (χ2v) is 14.0. The Balaban J connectivity index is 1.56.